The Balaban J connectivity index is 2.09. The number of nitrogens with zero attached hydrogens (tertiary/aromatic N) is 1. The van der Waals surface area contributed by atoms with Crippen molar-refractivity contribution in [2.45, 2.75) is 32.0 Å². The third kappa shape index (κ3) is 2.04. The quantitative estimate of drug-likeness (QED) is 0.870. The lowest BCUT2D eigenvalue weighted by molar-refractivity contribution is -0.0790. The summed E-state index contributed by atoms with van der Waals surface area (Å²) >= 11 is 0. The molecule has 0 radical (unpaired) electrons. The summed E-state index contributed by atoms with van der Waals surface area (Å²) in [4.78, 5) is 14.0. The van der Waals surface area contributed by atoms with Crippen LogP contribution >= 0.6 is 0 Å². The molecular weight excluding hydrogens is 268 g/mol. The molecule has 1 aromatic carbocycles. The number of fused-ring (bicyclic) bond motifs is 4. The van der Waals surface area contributed by atoms with Crippen LogP contribution in [0.15, 0.2) is 24.8 Å². The number of carbonyl (C=O) groups excluding carboxylic acids is 1. The molecule has 2 bridgehead atoms. The van der Waals surface area contributed by atoms with Gasteiger partial charge >= 0.3 is 6.03 Å². The zero-order chi connectivity index (χ0) is 15.2. The van der Waals surface area contributed by atoms with Gasteiger partial charge in [0.2, 0.25) is 0 Å². The molecule has 1 fully saturated rings. The highest BCUT2D eigenvalue weighted by molar-refractivity contribution is 5.77. The van der Waals surface area contributed by atoms with Gasteiger partial charge in [-0.2, -0.15) is 0 Å². The molecule has 2 heterocycles. The van der Waals surface area contributed by atoms with Gasteiger partial charge in [-0.1, -0.05) is 6.08 Å². The molecule has 2 atom stereocenters. The molecular formula is C16H20N2O3. The van der Waals surface area contributed by atoms with Gasteiger partial charge in [0.1, 0.15) is 11.5 Å². The molecule has 5 nitrogen and oxygen atoms in total. The van der Waals surface area contributed by atoms with Gasteiger partial charge in [-0.05, 0) is 25.5 Å². The first-order chi connectivity index (χ1) is 9.98. The van der Waals surface area contributed by atoms with Crippen LogP contribution in [0.3, 0.4) is 0 Å². The Bertz CT molecular complexity index is 614. The highest BCUT2D eigenvalue weighted by Crippen LogP contribution is 2.46. The average Bonchev–Trinajstić information content (AvgIpc) is 2.42. The molecule has 2 amide bonds. The molecule has 0 aromatic heterocycles. The van der Waals surface area contributed by atoms with Gasteiger partial charge < -0.3 is 14.8 Å². The molecule has 21 heavy (non-hydrogen) atoms. The Morgan fingerprint density at radius 3 is 3.05 bits per heavy atom. The van der Waals surface area contributed by atoms with E-state index in [0.717, 1.165) is 22.6 Å². The highest BCUT2D eigenvalue weighted by Gasteiger charge is 2.49. The van der Waals surface area contributed by atoms with E-state index in [9.17, 15) is 4.79 Å². The van der Waals surface area contributed by atoms with Gasteiger partial charge in [0.25, 0.3) is 0 Å². The minimum Gasteiger partial charge on any atom is -0.497 e. The summed E-state index contributed by atoms with van der Waals surface area (Å²) in [5.74, 6) is 1.54. The van der Waals surface area contributed by atoms with Crippen molar-refractivity contribution in [3.8, 4) is 11.5 Å². The van der Waals surface area contributed by atoms with Crippen molar-refractivity contribution in [1.82, 2.24) is 10.2 Å². The largest absolute Gasteiger partial charge is 0.497 e. The molecule has 0 spiro atoms. The lowest BCUT2D eigenvalue weighted by atomic mass is 9.88. The first-order valence-corrected chi connectivity index (χ1v) is 7.05. The van der Waals surface area contributed by atoms with Crippen molar-refractivity contribution in [2.24, 2.45) is 0 Å². The van der Waals surface area contributed by atoms with E-state index in [1.165, 1.54) is 0 Å². The second-order valence-electron chi connectivity index (χ2n) is 5.74. The number of methoxy groups -OCH3 is 1. The van der Waals surface area contributed by atoms with E-state index >= 15 is 0 Å². The molecule has 112 valence electrons. The number of nitrogens with one attached hydrogen (secondary N) is 1. The number of benzene rings is 1. The number of urea groups is 1. The van der Waals surface area contributed by atoms with Crippen LogP contribution in [0, 0.1) is 6.92 Å². The van der Waals surface area contributed by atoms with Crippen LogP contribution in [0.5, 0.6) is 11.5 Å². The fraction of sp³-hybridized carbons (Fsp3) is 0.438. The smallest absolute Gasteiger partial charge is 0.321 e. The summed E-state index contributed by atoms with van der Waals surface area (Å²) in [7, 11) is 1.64. The number of aryl methyl sites for hydroxylation is 1. The minimum absolute atomic E-state index is 0.0294. The summed E-state index contributed by atoms with van der Waals surface area (Å²) in [5, 5.41) is 3.06. The average molecular weight is 288 g/mol. The van der Waals surface area contributed by atoms with Crippen LogP contribution < -0.4 is 14.8 Å². The molecule has 0 saturated carbocycles. The van der Waals surface area contributed by atoms with Gasteiger partial charge in [0.05, 0.1) is 13.2 Å². The van der Waals surface area contributed by atoms with Crippen molar-refractivity contribution in [2.75, 3.05) is 13.7 Å². The van der Waals surface area contributed by atoms with Crippen molar-refractivity contribution in [1.29, 1.82) is 0 Å². The van der Waals surface area contributed by atoms with Crippen LogP contribution in [-0.4, -0.2) is 30.3 Å². The minimum atomic E-state index is -0.660. The molecule has 2 unspecified atom stereocenters. The molecule has 2 aliphatic rings. The second-order valence-corrected chi connectivity index (χ2v) is 5.74. The Morgan fingerprint density at radius 2 is 2.38 bits per heavy atom. The summed E-state index contributed by atoms with van der Waals surface area (Å²) in [6.45, 7) is 8.12. The molecule has 3 rings (SSSR count). The molecule has 1 N–H and O–H groups in total. The maximum Gasteiger partial charge on any atom is 0.321 e. The summed E-state index contributed by atoms with van der Waals surface area (Å²) in [6.07, 6.45) is 2.42. The number of rotatable bonds is 3. The predicted molar refractivity (Wildman–Crippen MR) is 79.6 cm³/mol. The first kappa shape index (κ1) is 13.8. The van der Waals surface area contributed by atoms with Crippen LogP contribution in [0.4, 0.5) is 4.79 Å². The number of hydrogen-bond acceptors (Lipinski definition) is 3. The van der Waals surface area contributed by atoms with Crippen molar-refractivity contribution in [3.63, 3.8) is 0 Å². The summed E-state index contributed by atoms with van der Waals surface area (Å²) < 4.78 is 11.5. The molecule has 1 saturated heterocycles. The van der Waals surface area contributed by atoms with E-state index in [4.69, 9.17) is 9.47 Å². The van der Waals surface area contributed by atoms with E-state index in [1.54, 1.807) is 18.1 Å². The maximum absolute atomic E-state index is 12.3. The van der Waals surface area contributed by atoms with Gasteiger partial charge in [-0.15, -0.1) is 6.58 Å². The summed E-state index contributed by atoms with van der Waals surface area (Å²) in [5.41, 5.74) is 1.45. The Kier molecular flexibility index (Phi) is 3.08. The third-order valence-electron chi connectivity index (χ3n) is 4.24. The zero-order valence-corrected chi connectivity index (χ0v) is 12.6. The Hall–Kier alpha value is -2.17. The molecule has 0 aliphatic carbocycles. The van der Waals surface area contributed by atoms with Crippen LogP contribution in [-0.2, 0) is 0 Å². The van der Waals surface area contributed by atoms with Crippen molar-refractivity contribution >= 4 is 6.03 Å². The van der Waals surface area contributed by atoms with E-state index in [-0.39, 0.29) is 12.1 Å². The van der Waals surface area contributed by atoms with Crippen LogP contribution in [0.1, 0.15) is 30.5 Å². The standard InChI is InChI=1S/C16H20N2O3/c1-5-6-18-15(19)17-12-9-16(18,3)21-13-8-11(20-4)7-10(2)14(12)13/h5,7-8,12H,1,6,9H2,2-4H3,(H,17,19). The van der Waals surface area contributed by atoms with Gasteiger partial charge in [-0.25, -0.2) is 4.79 Å². The fourth-order valence-corrected chi connectivity index (χ4v) is 3.28. The Morgan fingerprint density at radius 1 is 1.62 bits per heavy atom. The van der Waals surface area contributed by atoms with Gasteiger partial charge in [0, 0.05) is 24.6 Å². The maximum atomic E-state index is 12.3. The van der Waals surface area contributed by atoms with Crippen molar-refractivity contribution in [3.05, 3.63) is 35.9 Å². The molecule has 2 aliphatic heterocycles. The second kappa shape index (κ2) is 4.69. The Labute approximate surface area is 124 Å². The first-order valence-electron chi connectivity index (χ1n) is 7.05. The van der Waals surface area contributed by atoms with E-state index in [0.29, 0.717) is 13.0 Å². The lowest BCUT2D eigenvalue weighted by Crippen LogP contribution is -2.64. The fourth-order valence-electron chi connectivity index (χ4n) is 3.28. The molecule has 1 aromatic rings. The molecule has 5 heteroatoms. The normalized spacial score (nSPS) is 26.5. The van der Waals surface area contributed by atoms with E-state index in [1.807, 2.05) is 26.0 Å². The summed E-state index contributed by atoms with van der Waals surface area (Å²) in [6, 6.07) is 3.71. The number of ether oxygens (including phenoxy) is 2. The van der Waals surface area contributed by atoms with Gasteiger partial charge in [0.15, 0.2) is 5.72 Å². The van der Waals surface area contributed by atoms with Crippen LogP contribution in [0.2, 0.25) is 0 Å². The van der Waals surface area contributed by atoms with E-state index < -0.39 is 5.72 Å². The monoisotopic (exact) mass is 288 g/mol. The third-order valence-corrected chi connectivity index (χ3v) is 4.24. The van der Waals surface area contributed by atoms with Crippen molar-refractivity contribution < 1.29 is 14.3 Å². The van der Waals surface area contributed by atoms with Gasteiger partial charge in [-0.3, -0.25) is 4.90 Å². The lowest BCUT2D eigenvalue weighted by Gasteiger charge is -2.50. The highest BCUT2D eigenvalue weighted by atomic mass is 16.5. The van der Waals surface area contributed by atoms with Crippen LogP contribution in [0.25, 0.3) is 0 Å². The predicted octanol–water partition coefficient (Wildman–Crippen LogP) is 2.75. The number of hydrogen-bond donors (Lipinski definition) is 1. The topological polar surface area (TPSA) is 50.8 Å². The number of amides is 2. The van der Waals surface area contributed by atoms with E-state index in [2.05, 4.69) is 11.9 Å². The SMILES string of the molecule is C=CCN1C(=O)NC2CC1(C)Oc1cc(OC)cc(C)c12. The number of carbonyl (C=O) groups is 1. The zero-order valence-electron chi connectivity index (χ0n) is 12.6.